The first kappa shape index (κ1) is 22.6. The average molecular weight is 403 g/mol. The Kier molecular flexibility index (Phi) is 5.97. The van der Waals surface area contributed by atoms with Crippen molar-refractivity contribution in [3.8, 4) is 5.75 Å². The fourth-order valence-corrected chi connectivity index (χ4v) is 3.46. The molecule has 0 radical (unpaired) electrons. The zero-order valence-corrected chi connectivity index (χ0v) is 17.7. The molecule has 0 amide bonds. The van der Waals surface area contributed by atoms with Gasteiger partial charge in [0.1, 0.15) is 12.2 Å². The van der Waals surface area contributed by atoms with Gasteiger partial charge in [0.15, 0.2) is 11.4 Å². The number of benzene rings is 1. The molecule has 1 unspecified atom stereocenters. The van der Waals surface area contributed by atoms with Crippen molar-refractivity contribution in [2.45, 2.75) is 64.9 Å². The number of ether oxygens (including phenoxy) is 1. The van der Waals surface area contributed by atoms with Crippen molar-refractivity contribution in [2.24, 2.45) is 0 Å². The van der Waals surface area contributed by atoms with E-state index in [-0.39, 0.29) is 18.1 Å². The van der Waals surface area contributed by atoms with Gasteiger partial charge in [0, 0.05) is 11.8 Å². The van der Waals surface area contributed by atoms with Gasteiger partial charge in [-0.25, -0.2) is 4.79 Å². The fourth-order valence-electron chi connectivity index (χ4n) is 3.46. The molecule has 0 fully saturated rings. The van der Waals surface area contributed by atoms with Gasteiger partial charge in [0.2, 0.25) is 5.43 Å². The van der Waals surface area contributed by atoms with Gasteiger partial charge in [0.05, 0.1) is 11.1 Å². The molecule has 7 heteroatoms. The number of pyridine rings is 1. The van der Waals surface area contributed by atoms with Crippen LogP contribution in [0.15, 0.2) is 41.2 Å². The van der Waals surface area contributed by atoms with Gasteiger partial charge < -0.3 is 24.6 Å². The third kappa shape index (κ3) is 4.06. The zero-order valence-electron chi connectivity index (χ0n) is 17.7. The van der Waals surface area contributed by atoms with Gasteiger partial charge in [0.25, 0.3) is 0 Å². The average Bonchev–Trinajstić information content (AvgIpc) is 2.59. The Balaban J connectivity index is 2.70. The van der Waals surface area contributed by atoms with E-state index >= 15 is 0 Å². The highest BCUT2D eigenvalue weighted by atomic mass is 16.5. The number of aromatic nitrogens is 1. The Morgan fingerprint density at radius 1 is 1.07 bits per heavy atom. The Morgan fingerprint density at radius 2 is 1.62 bits per heavy atom. The summed E-state index contributed by atoms with van der Waals surface area (Å²) in [6.45, 7) is 9.13. The maximum absolute atomic E-state index is 12.6. The Bertz CT molecular complexity index is 952. The molecule has 1 aromatic heterocycles. The lowest BCUT2D eigenvalue weighted by atomic mass is 9.72. The van der Waals surface area contributed by atoms with Crippen LogP contribution >= 0.6 is 0 Å². The minimum absolute atomic E-state index is 0.0156. The van der Waals surface area contributed by atoms with Crippen LogP contribution in [0.3, 0.4) is 0 Å². The number of aryl methyl sites for hydroxylation is 1. The van der Waals surface area contributed by atoms with E-state index in [1.807, 2.05) is 18.2 Å². The molecule has 1 aromatic carbocycles. The summed E-state index contributed by atoms with van der Waals surface area (Å²) >= 11 is 0. The summed E-state index contributed by atoms with van der Waals surface area (Å²) in [4.78, 5) is 24.8. The SMILES string of the molecule is Cc1cc(=O)c(OCc2ccccc2)c(C(=O)O)n1C(C)(C)C(C)(O)C(C)(C)O. The molecule has 0 saturated carbocycles. The quantitative estimate of drug-likeness (QED) is 0.656. The van der Waals surface area contributed by atoms with Gasteiger partial charge >= 0.3 is 5.97 Å². The number of rotatable bonds is 7. The second-order valence-corrected chi connectivity index (χ2v) is 8.43. The number of aliphatic hydroxyl groups is 2. The Morgan fingerprint density at radius 3 is 2.10 bits per heavy atom. The molecule has 1 heterocycles. The molecule has 0 saturated heterocycles. The molecule has 0 aliphatic rings. The lowest BCUT2D eigenvalue weighted by Gasteiger charge is -2.49. The minimum atomic E-state index is -1.75. The molecule has 0 aliphatic heterocycles. The number of carbonyl (C=O) groups is 1. The number of nitrogens with zero attached hydrogens (tertiary/aromatic N) is 1. The first-order chi connectivity index (χ1) is 13.2. The van der Waals surface area contributed by atoms with E-state index in [0.717, 1.165) is 5.56 Å². The van der Waals surface area contributed by atoms with Gasteiger partial charge in [-0.15, -0.1) is 0 Å². The number of carboxylic acids is 1. The highest BCUT2D eigenvalue weighted by molar-refractivity contribution is 5.89. The highest BCUT2D eigenvalue weighted by Gasteiger charge is 2.52. The van der Waals surface area contributed by atoms with E-state index in [2.05, 4.69) is 0 Å². The van der Waals surface area contributed by atoms with Gasteiger partial charge in [-0.05, 0) is 47.1 Å². The summed E-state index contributed by atoms with van der Waals surface area (Å²) in [6.07, 6.45) is 0. The Labute approximate surface area is 170 Å². The molecule has 7 nitrogen and oxygen atoms in total. The van der Waals surface area contributed by atoms with Crippen molar-refractivity contribution < 1.29 is 24.9 Å². The van der Waals surface area contributed by atoms with E-state index in [4.69, 9.17) is 4.74 Å². The maximum atomic E-state index is 12.6. The maximum Gasteiger partial charge on any atom is 0.356 e. The van der Waals surface area contributed by atoms with Crippen LogP contribution < -0.4 is 10.2 Å². The zero-order chi connectivity index (χ0) is 22.2. The molecule has 1 atom stereocenters. The van der Waals surface area contributed by atoms with Crippen molar-refractivity contribution in [3.05, 3.63) is 63.6 Å². The first-order valence-electron chi connectivity index (χ1n) is 9.33. The highest BCUT2D eigenvalue weighted by Crippen LogP contribution is 2.40. The largest absolute Gasteiger partial charge is 0.482 e. The van der Waals surface area contributed by atoms with Gasteiger partial charge in [-0.2, -0.15) is 0 Å². The number of aromatic carboxylic acids is 1. The lowest BCUT2D eigenvalue weighted by molar-refractivity contribution is -0.175. The molecule has 2 aromatic rings. The van der Waals surface area contributed by atoms with Crippen molar-refractivity contribution >= 4 is 5.97 Å². The Hall–Kier alpha value is -2.64. The van der Waals surface area contributed by atoms with Crippen LogP contribution in [0.5, 0.6) is 5.75 Å². The van der Waals surface area contributed by atoms with E-state index in [1.165, 1.54) is 31.4 Å². The molecule has 0 aliphatic carbocycles. The standard InChI is InChI=1S/C22H29NO6/c1-14-12-16(24)18(29-13-15-10-8-7-9-11-15)17(19(25)26)23(14)20(2,3)22(6,28)21(4,5)27/h7-12,27-28H,13H2,1-6H3,(H,25,26). The van der Waals surface area contributed by atoms with Gasteiger partial charge in [-0.1, -0.05) is 30.3 Å². The molecular weight excluding hydrogens is 374 g/mol. The third-order valence-electron chi connectivity index (χ3n) is 5.73. The summed E-state index contributed by atoms with van der Waals surface area (Å²) in [6, 6.07) is 10.3. The summed E-state index contributed by atoms with van der Waals surface area (Å²) in [5, 5.41) is 31.6. The van der Waals surface area contributed by atoms with E-state index in [9.17, 15) is 24.9 Å². The molecule has 0 spiro atoms. The summed E-state index contributed by atoms with van der Waals surface area (Å²) in [7, 11) is 0. The van der Waals surface area contributed by atoms with Crippen LogP contribution in [0.1, 0.15) is 56.4 Å². The third-order valence-corrected chi connectivity index (χ3v) is 5.73. The van der Waals surface area contributed by atoms with Crippen molar-refractivity contribution in [2.75, 3.05) is 0 Å². The second kappa shape index (κ2) is 7.65. The monoisotopic (exact) mass is 403 g/mol. The van der Waals surface area contributed by atoms with Crippen LogP contribution in [0, 0.1) is 6.92 Å². The smallest absolute Gasteiger partial charge is 0.356 e. The van der Waals surface area contributed by atoms with E-state index in [1.54, 1.807) is 32.9 Å². The van der Waals surface area contributed by atoms with Gasteiger partial charge in [-0.3, -0.25) is 4.79 Å². The summed E-state index contributed by atoms with van der Waals surface area (Å²) in [5.41, 5.74) is -4.45. The minimum Gasteiger partial charge on any atom is -0.482 e. The normalized spacial score (nSPS) is 14.3. The predicted octanol–water partition coefficient (Wildman–Crippen LogP) is 2.69. The molecular formula is C22H29NO6. The van der Waals surface area contributed by atoms with Crippen molar-refractivity contribution in [1.29, 1.82) is 0 Å². The molecule has 29 heavy (non-hydrogen) atoms. The summed E-state index contributed by atoms with van der Waals surface area (Å²) < 4.78 is 6.99. The van der Waals surface area contributed by atoms with Crippen molar-refractivity contribution in [3.63, 3.8) is 0 Å². The predicted molar refractivity (Wildman–Crippen MR) is 109 cm³/mol. The second-order valence-electron chi connectivity index (χ2n) is 8.43. The molecule has 3 N–H and O–H groups in total. The van der Waals surface area contributed by atoms with Crippen LogP contribution in [0.2, 0.25) is 0 Å². The van der Waals surface area contributed by atoms with E-state index < -0.39 is 28.1 Å². The van der Waals surface area contributed by atoms with Crippen molar-refractivity contribution in [1.82, 2.24) is 4.57 Å². The number of hydrogen-bond donors (Lipinski definition) is 3. The van der Waals surface area contributed by atoms with Crippen LogP contribution in [-0.2, 0) is 12.1 Å². The number of hydrogen-bond acceptors (Lipinski definition) is 5. The van der Waals surface area contributed by atoms with E-state index in [0.29, 0.717) is 5.69 Å². The lowest BCUT2D eigenvalue weighted by Crippen LogP contribution is -2.62. The topological polar surface area (TPSA) is 109 Å². The molecule has 0 bridgehead atoms. The van der Waals surface area contributed by atoms with Crippen LogP contribution in [0.4, 0.5) is 0 Å². The molecule has 2 rings (SSSR count). The van der Waals surface area contributed by atoms with Crippen LogP contribution in [0.25, 0.3) is 0 Å². The number of carboxylic acid groups (broad SMARTS) is 1. The fraction of sp³-hybridized carbons (Fsp3) is 0.455. The summed E-state index contributed by atoms with van der Waals surface area (Å²) in [5.74, 6) is -1.68. The first-order valence-corrected chi connectivity index (χ1v) is 9.33. The molecule has 158 valence electrons. The van der Waals surface area contributed by atoms with Crippen LogP contribution in [-0.4, -0.2) is 37.1 Å².